The number of hydrogen-bond acceptors (Lipinski definition) is 3. The van der Waals surface area contributed by atoms with Gasteiger partial charge in [0.2, 0.25) is 0 Å². The molecule has 0 amide bonds. The van der Waals surface area contributed by atoms with Crippen molar-refractivity contribution in [1.29, 1.82) is 0 Å². The number of likely N-dealkylation sites (tertiary alicyclic amines) is 1. The highest BCUT2D eigenvalue weighted by Crippen LogP contribution is 2.26. The number of ether oxygens (including phenoxy) is 1. The van der Waals surface area contributed by atoms with Gasteiger partial charge in [0.15, 0.2) is 0 Å². The van der Waals surface area contributed by atoms with E-state index in [0.29, 0.717) is 0 Å². The second-order valence-electron chi connectivity index (χ2n) is 6.61. The lowest BCUT2D eigenvalue weighted by Gasteiger charge is -2.26. The molecule has 1 aliphatic heterocycles. The highest BCUT2D eigenvalue weighted by atomic mass is 16.5. The summed E-state index contributed by atoms with van der Waals surface area (Å²) < 4.78 is 6.90. The Labute approximate surface area is 138 Å². The summed E-state index contributed by atoms with van der Waals surface area (Å²) in [4.78, 5) is 14.4. The maximum absolute atomic E-state index is 11.8. The van der Waals surface area contributed by atoms with E-state index < -0.39 is 0 Å². The van der Waals surface area contributed by atoms with E-state index in [9.17, 15) is 4.79 Å². The number of benzene rings is 1. The minimum Gasteiger partial charge on any atom is -0.467 e. The molecule has 1 atom stereocenters. The van der Waals surface area contributed by atoms with Gasteiger partial charge in [-0.3, -0.25) is 4.90 Å². The van der Waals surface area contributed by atoms with Crippen LogP contribution in [0.25, 0.3) is 10.9 Å². The van der Waals surface area contributed by atoms with E-state index in [1.54, 1.807) is 0 Å². The number of rotatable bonds is 4. The number of aryl methyl sites for hydroxylation is 1. The van der Waals surface area contributed by atoms with E-state index >= 15 is 0 Å². The average molecular weight is 314 g/mol. The van der Waals surface area contributed by atoms with Crippen LogP contribution in [0.2, 0.25) is 0 Å². The lowest BCUT2D eigenvalue weighted by Crippen LogP contribution is -2.29. The molecule has 3 rings (SSSR count). The van der Waals surface area contributed by atoms with Gasteiger partial charge in [0, 0.05) is 23.6 Å². The van der Waals surface area contributed by atoms with Crippen LogP contribution >= 0.6 is 0 Å². The van der Waals surface area contributed by atoms with Gasteiger partial charge in [-0.2, -0.15) is 0 Å². The van der Waals surface area contributed by atoms with Crippen LogP contribution in [0.4, 0.5) is 0 Å². The van der Waals surface area contributed by atoms with E-state index in [0.717, 1.165) is 12.1 Å². The normalized spacial score (nSPS) is 17.3. The highest BCUT2D eigenvalue weighted by Gasteiger charge is 2.19. The zero-order valence-corrected chi connectivity index (χ0v) is 14.3. The molecular weight excluding hydrogens is 288 g/mol. The molecule has 2 heterocycles. The fourth-order valence-corrected chi connectivity index (χ4v) is 3.55. The predicted molar refractivity (Wildman–Crippen MR) is 92.5 cm³/mol. The van der Waals surface area contributed by atoms with E-state index in [4.69, 9.17) is 4.74 Å². The van der Waals surface area contributed by atoms with Crippen LogP contribution in [-0.4, -0.2) is 35.6 Å². The number of carbonyl (C=O) groups excluding carboxylic acids is 1. The number of carbonyl (C=O) groups is 1. The van der Waals surface area contributed by atoms with Crippen LogP contribution < -0.4 is 0 Å². The largest absolute Gasteiger partial charge is 0.467 e. The topological polar surface area (TPSA) is 34.5 Å². The molecular formula is C19H26N2O2. The SMILES string of the molecule is COC(=O)C(C)n1cc(C)c2cc(CN3CCCCC3)ccc21. The molecule has 1 saturated heterocycles. The third-order valence-electron chi connectivity index (χ3n) is 4.91. The summed E-state index contributed by atoms with van der Waals surface area (Å²) >= 11 is 0. The number of hydrogen-bond donors (Lipinski definition) is 0. The van der Waals surface area contributed by atoms with Crippen molar-refractivity contribution >= 4 is 16.9 Å². The van der Waals surface area contributed by atoms with Gasteiger partial charge in [-0.1, -0.05) is 12.5 Å². The van der Waals surface area contributed by atoms with Crippen LogP contribution in [0, 0.1) is 6.92 Å². The predicted octanol–water partition coefficient (Wildman–Crippen LogP) is 3.67. The van der Waals surface area contributed by atoms with Crippen molar-refractivity contribution in [3.8, 4) is 0 Å². The molecule has 0 bridgehead atoms. The zero-order valence-electron chi connectivity index (χ0n) is 14.3. The average Bonchev–Trinajstić information content (AvgIpc) is 2.91. The summed E-state index contributed by atoms with van der Waals surface area (Å²) in [6, 6.07) is 6.31. The van der Waals surface area contributed by atoms with E-state index in [1.165, 1.54) is 56.0 Å². The first-order valence-corrected chi connectivity index (χ1v) is 8.50. The van der Waals surface area contributed by atoms with Crippen molar-refractivity contribution in [2.24, 2.45) is 0 Å². The van der Waals surface area contributed by atoms with Gasteiger partial charge < -0.3 is 9.30 Å². The minimum atomic E-state index is -0.302. The summed E-state index contributed by atoms with van der Waals surface area (Å²) in [6.07, 6.45) is 6.04. The molecule has 124 valence electrons. The van der Waals surface area contributed by atoms with Crippen molar-refractivity contribution in [1.82, 2.24) is 9.47 Å². The Kier molecular flexibility index (Phi) is 4.71. The molecule has 1 unspecified atom stereocenters. The van der Waals surface area contributed by atoms with Gasteiger partial charge in [-0.25, -0.2) is 4.79 Å². The summed E-state index contributed by atoms with van der Waals surface area (Å²) in [7, 11) is 1.44. The highest BCUT2D eigenvalue weighted by molar-refractivity contribution is 5.86. The Morgan fingerprint density at radius 1 is 1.26 bits per heavy atom. The molecule has 2 aromatic rings. The summed E-state index contributed by atoms with van der Waals surface area (Å²) in [5.74, 6) is -0.209. The Balaban J connectivity index is 1.88. The van der Waals surface area contributed by atoms with Gasteiger partial charge in [-0.05, 0) is 63.0 Å². The smallest absolute Gasteiger partial charge is 0.328 e. The molecule has 0 saturated carbocycles. The molecule has 0 spiro atoms. The van der Waals surface area contributed by atoms with Crippen molar-refractivity contribution < 1.29 is 9.53 Å². The first-order chi connectivity index (χ1) is 11.1. The molecule has 1 aromatic heterocycles. The maximum atomic E-state index is 11.8. The molecule has 1 aromatic carbocycles. The Hall–Kier alpha value is -1.81. The molecule has 1 aliphatic rings. The standard InChI is InChI=1S/C19H26N2O2/c1-14-12-21(15(2)19(22)23-3)18-8-7-16(11-17(14)18)13-20-9-5-4-6-10-20/h7-8,11-12,15H,4-6,9-10,13H2,1-3H3. The molecule has 0 N–H and O–H groups in total. The van der Waals surface area contributed by atoms with Gasteiger partial charge >= 0.3 is 5.97 Å². The fraction of sp³-hybridized carbons (Fsp3) is 0.526. The number of aromatic nitrogens is 1. The van der Waals surface area contributed by atoms with Gasteiger partial charge in [0.05, 0.1) is 7.11 Å². The van der Waals surface area contributed by atoms with Crippen LogP contribution in [0.1, 0.15) is 43.4 Å². The Morgan fingerprint density at radius 2 is 2.00 bits per heavy atom. The molecule has 4 nitrogen and oxygen atoms in total. The molecule has 0 radical (unpaired) electrons. The summed E-state index contributed by atoms with van der Waals surface area (Å²) in [5, 5.41) is 1.23. The van der Waals surface area contributed by atoms with Gasteiger partial charge in [-0.15, -0.1) is 0 Å². The Bertz CT molecular complexity index is 699. The molecule has 0 aliphatic carbocycles. The van der Waals surface area contributed by atoms with Crippen molar-refractivity contribution in [2.45, 2.75) is 45.7 Å². The summed E-state index contributed by atoms with van der Waals surface area (Å²) in [5.41, 5.74) is 3.66. The summed E-state index contributed by atoms with van der Waals surface area (Å²) in [6.45, 7) is 7.42. The van der Waals surface area contributed by atoms with Crippen molar-refractivity contribution in [3.05, 3.63) is 35.5 Å². The number of fused-ring (bicyclic) bond motifs is 1. The van der Waals surface area contributed by atoms with Crippen molar-refractivity contribution in [2.75, 3.05) is 20.2 Å². The zero-order chi connectivity index (χ0) is 16.4. The second kappa shape index (κ2) is 6.75. The van der Waals surface area contributed by atoms with E-state index in [-0.39, 0.29) is 12.0 Å². The number of nitrogens with zero attached hydrogens (tertiary/aromatic N) is 2. The third kappa shape index (κ3) is 3.27. The van der Waals surface area contributed by atoms with E-state index in [2.05, 4.69) is 36.2 Å². The minimum absolute atomic E-state index is 0.209. The van der Waals surface area contributed by atoms with Crippen LogP contribution in [0.5, 0.6) is 0 Å². The number of methoxy groups -OCH3 is 1. The number of piperidine rings is 1. The quantitative estimate of drug-likeness (QED) is 0.808. The van der Waals surface area contributed by atoms with Crippen LogP contribution in [0.15, 0.2) is 24.4 Å². The second-order valence-corrected chi connectivity index (χ2v) is 6.61. The van der Waals surface area contributed by atoms with Crippen LogP contribution in [0.3, 0.4) is 0 Å². The fourth-order valence-electron chi connectivity index (χ4n) is 3.55. The third-order valence-corrected chi connectivity index (χ3v) is 4.91. The first-order valence-electron chi connectivity index (χ1n) is 8.50. The molecule has 23 heavy (non-hydrogen) atoms. The first kappa shape index (κ1) is 16.1. The molecule has 1 fully saturated rings. The Morgan fingerprint density at radius 3 is 2.70 bits per heavy atom. The lowest BCUT2D eigenvalue weighted by atomic mass is 10.1. The maximum Gasteiger partial charge on any atom is 0.328 e. The molecule has 4 heteroatoms. The van der Waals surface area contributed by atoms with Gasteiger partial charge in [0.25, 0.3) is 0 Å². The number of esters is 1. The van der Waals surface area contributed by atoms with Crippen LogP contribution in [-0.2, 0) is 16.1 Å². The van der Waals surface area contributed by atoms with E-state index in [1.807, 2.05) is 11.5 Å². The van der Waals surface area contributed by atoms with Crippen molar-refractivity contribution in [3.63, 3.8) is 0 Å². The van der Waals surface area contributed by atoms with Gasteiger partial charge in [0.1, 0.15) is 6.04 Å². The monoisotopic (exact) mass is 314 g/mol. The lowest BCUT2D eigenvalue weighted by molar-refractivity contribution is -0.143.